The molecule has 0 saturated carbocycles. The van der Waals surface area contributed by atoms with Gasteiger partial charge in [0.25, 0.3) is 10.0 Å². The minimum absolute atomic E-state index is 0.00517. The van der Waals surface area contributed by atoms with Gasteiger partial charge >= 0.3 is 6.09 Å². The molecule has 25 heavy (non-hydrogen) atoms. The van der Waals surface area contributed by atoms with Gasteiger partial charge in [-0.05, 0) is 45.4 Å². The van der Waals surface area contributed by atoms with Crippen LogP contribution in [0.4, 0.5) is 10.6 Å². The SMILES string of the molecule is COc1ccc(C)cc1S(=O)(=O)Nc1ccn(C(=O)OC(C)(C)C)n1. The summed E-state index contributed by atoms with van der Waals surface area (Å²) in [6.45, 7) is 6.95. The number of anilines is 1. The highest BCUT2D eigenvalue weighted by Crippen LogP contribution is 2.26. The molecule has 0 spiro atoms. The normalized spacial score (nSPS) is 11.9. The van der Waals surface area contributed by atoms with Crippen LogP contribution in [0, 0.1) is 6.92 Å². The molecule has 0 aliphatic rings. The Morgan fingerprint density at radius 1 is 1.24 bits per heavy atom. The summed E-state index contributed by atoms with van der Waals surface area (Å²) >= 11 is 0. The van der Waals surface area contributed by atoms with E-state index in [0.717, 1.165) is 10.2 Å². The van der Waals surface area contributed by atoms with E-state index in [1.807, 2.05) is 0 Å². The van der Waals surface area contributed by atoms with Crippen molar-refractivity contribution >= 4 is 21.9 Å². The number of hydrogen-bond acceptors (Lipinski definition) is 6. The molecule has 0 aliphatic carbocycles. The number of benzene rings is 1. The van der Waals surface area contributed by atoms with E-state index in [9.17, 15) is 13.2 Å². The Bertz CT molecular complexity index is 881. The average molecular weight is 367 g/mol. The van der Waals surface area contributed by atoms with Crippen molar-refractivity contribution in [2.75, 3.05) is 11.8 Å². The van der Waals surface area contributed by atoms with Gasteiger partial charge in [-0.15, -0.1) is 5.10 Å². The first-order valence-electron chi connectivity index (χ1n) is 7.48. The van der Waals surface area contributed by atoms with Crippen molar-refractivity contribution in [3.63, 3.8) is 0 Å². The van der Waals surface area contributed by atoms with Gasteiger partial charge in [0.15, 0.2) is 5.82 Å². The predicted molar refractivity (Wildman–Crippen MR) is 92.4 cm³/mol. The number of ether oxygens (including phenoxy) is 2. The number of hydrogen-bond donors (Lipinski definition) is 1. The molecule has 9 heteroatoms. The molecule has 2 rings (SSSR count). The predicted octanol–water partition coefficient (Wildman–Crippen LogP) is 2.78. The first-order chi connectivity index (χ1) is 11.5. The first kappa shape index (κ1) is 18.8. The number of nitrogens with one attached hydrogen (secondary N) is 1. The van der Waals surface area contributed by atoms with Crippen LogP contribution in [0.15, 0.2) is 35.4 Å². The number of sulfonamides is 1. The zero-order valence-corrected chi connectivity index (χ0v) is 15.5. The molecule has 1 aromatic carbocycles. The van der Waals surface area contributed by atoms with E-state index in [2.05, 4.69) is 9.82 Å². The Balaban J connectivity index is 2.25. The highest BCUT2D eigenvalue weighted by Gasteiger charge is 2.22. The Kier molecular flexibility index (Phi) is 5.07. The number of rotatable bonds is 4. The van der Waals surface area contributed by atoms with E-state index in [4.69, 9.17) is 9.47 Å². The van der Waals surface area contributed by atoms with Crippen LogP contribution in [0.5, 0.6) is 5.75 Å². The molecule has 136 valence electrons. The Hall–Kier alpha value is -2.55. The van der Waals surface area contributed by atoms with Crippen molar-refractivity contribution in [1.29, 1.82) is 0 Å². The summed E-state index contributed by atoms with van der Waals surface area (Å²) in [5.41, 5.74) is 0.0814. The quantitative estimate of drug-likeness (QED) is 0.892. The van der Waals surface area contributed by atoms with Crippen LogP contribution in [0.1, 0.15) is 26.3 Å². The highest BCUT2D eigenvalue weighted by molar-refractivity contribution is 7.92. The topological polar surface area (TPSA) is 99.5 Å². The van der Waals surface area contributed by atoms with Gasteiger partial charge in [0, 0.05) is 12.3 Å². The second kappa shape index (κ2) is 6.75. The van der Waals surface area contributed by atoms with E-state index in [0.29, 0.717) is 0 Å². The number of carbonyl (C=O) groups is 1. The molecule has 0 unspecified atom stereocenters. The summed E-state index contributed by atoms with van der Waals surface area (Å²) in [5, 5.41) is 3.89. The molecule has 0 atom stereocenters. The lowest BCUT2D eigenvalue weighted by Crippen LogP contribution is -2.27. The second-order valence-corrected chi connectivity index (χ2v) is 8.04. The molecule has 0 amide bonds. The van der Waals surface area contributed by atoms with Gasteiger partial charge in [-0.25, -0.2) is 13.2 Å². The molecule has 2 aromatic rings. The molecule has 0 radical (unpaired) electrons. The van der Waals surface area contributed by atoms with E-state index in [1.165, 1.54) is 25.4 Å². The maximum atomic E-state index is 12.6. The zero-order valence-electron chi connectivity index (χ0n) is 14.7. The fraction of sp³-hybridized carbons (Fsp3) is 0.375. The average Bonchev–Trinajstić information content (AvgIpc) is 2.93. The third-order valence-corrected chi connectivity index (χ3v) is 4.39. The zero-order chi connectivity index (χ0) is 18.8. The van der Waals surface area contributed by atoms with Crippen molar-refractivity contribution in [3.05, 3.63) is 36.0 Å². The lowest BCUT2D eigenvalue weighted by Gasteiger charge is -2.18. The van der Waals surface area contributed by atoms with E-state index in [1.54, 1.807) is 39.8 Å². The number of methoxy groups -OCH3 is 1. The molecule has 0 bridgehead atoms. The lowest BCUT2D eigenvalue weighted by molar-refractivity contribution is 0.0515. The Labute approximate surface area is 146 Å². The molecule has 0 saturated heterocycles. The molecule has 8 nitrogen and oxygen atoms in total. The largest absolute Gasteiger partial charge is 0.495 e. The van der Waals surface area contributed by atoms with E-state index in [-0.39, 0.29) is 16.5 Å². The summed E-state index contributed by atoms with van der Waals surface area (Å²) in [6.07, 6.45) is 0.616. The highest BCUT2D eigenvalue weighted by atomic mass is 32.2. The number of aryl methyl sites for hydroxylation is 1. The maximum Gasteiger partial charge on any atom is 0.435 e. The van der Waals surface area contributed by atoms with E-state index < -0.39 is 21.7 Å². The summed E-state index contributed by atoms with van der Waals surface area (Å²) in [6, 6.07) is 6.17. The maximum absolute atomic E-state index is 12.6. The molecule has 0 aliphatic heterocycles. The van der Waals surface area contributed by atoms with Crippen molar-refractivity contribution in [3.8, 4) is 5.75 Å². The summed E-state index contributed by atoms with van der Waals surface area (Å²) < 4.78 is 38.7. The number of aromatic nitrogens is 2. The third-order valence-electron chi connectivity index (χ3n) is 3.02. The van der Waals surface area contributed by atoms with Gasteiger partial charge in [0.1, 0.15) is 16.2 Å². The minimum atomic E-state index is -3.93. The van der Waals surface area contributed by atoms with E-state index >= 15 is 0 Å². The fourth-order valence-corrected chi connectivity index (χ4v) is 3.23. The molecular weight excluding hydrogens is 346 g/mol. The minimum Gasteiger partial charge on any atom is -0.495 e. The molecule has 0 fully saturated rings. The molecule has 1 aromatic heterocycles. The van der Waals surface area contributed by atoms with Crippen molar-refractivity contribution in [2.45, 2.75) is 38.2 Å². The van der Waals surface area contributed by atoms with Crippen LogP contribution in [0.3, 0.4) is 0 Å². The van der Waals surface area contributed by atoms with Gasteiger partial charge in [-0.2, -0.15) is 4.68 Å². The summed E-state index contributed by atoms with van der Waals surface area (Å²) in [7, 11) is -2.54. The van der Waals surface area contributed by atoms with Crippen molar-refractivity contribution in [1.82, 2.24) is 9.78 Å². The monoisotopic (exact) mass is 367 g/mol. The number of carbonyl (C=O) groups excluding carboxylic acids is 1. The third kappa shape index (κ3) is 4.72. The first-order valence-corrected chi connectivity index (χ1v) is 8.96. The van der Waals surface area contributed by atoms with Crippen LogP contribution in [0.2, 0.25) is 0 Å². The fourth-order valence-electron chi connectivity index (χ4n) is 1.98. The van der Waals surface area contributed by atoms with Crippen molar-refractivity contribution in [2.24, 2.45) is 0 Å². The molecule has 1 N–H and O–H groups in total. The standard InChI is InChI=1S/C16H21N3O5S/c1-11-6-7-12(23-5)13(10-11)25(21,22)18-14-8-9-19(17-14)15(20)24-16(2,3)4/h6-10H,1-5H3,(H,17,18). The molecular formula is C16H21N3O5S. The van der Waals surface area contributed by atoms with Gasteiger partial charge < -0.3 is 9.47 Å². The Morgan fingerprint density at radius 3 is 2.52 bits per heavy atom. The van der Waals surface area contributed by atoms with Crippen LogP contribution >= 0.6 is 0 Å². The van der Waals surface area contributed by atoms with Crippen LogP contribution in [-0.2, 0) is 14.8 Å². The van der Waals surface area contributed by atoms with Crippen LogP contribution < -0.4 is 9.46 Å². The second-order valence-electron chi connectivity index (χ2n) is 6.39. The van der Waals surface area contributed by atoms with Crippen LogP contribution in [0.25, 0.3) is 0 Å². The van der Waals surface area contributed by atoms with Crippen molar-refractivity contribution < 1.29 is 22.7 Å². The lowest BCUT2D eigenvalue weighted by atomic mass is 10.2. The Morgan fingerprint density at radius 2 is 1.92 bits per heavy atom. The van der Waals surface area contributed by atoms with Gasteiger partial charge in [0.05, 0.1) is 7.11 Å². The summed E-state index contributed by atoms with van der Waals surface area (Å²) in [5.74, 6) is 0.207. The van der Waals surface area contributed by atoms with Crippen LogP contribution in [-0.4, -0.2) is 37.0 Å². The molecule has 1 heterocycles. The summed E-state index contributed by atoms with van der Waals surface area (Å²) in [4.78, 5) is 11.9. The number of nitrogens with zero attached hydrogens (tertiary/aromatic N) is 2. The van der Waals surface area contributed by atoms with Gasteiger partial charge in [-0.3, -0.25) is 4.72 Å². The smallest absolute Gasteiger partial charge is 0.435 e. The van der Waals surface area contributed by atoms with Gasteiger partial charge in [0.2, 0.25) is 0 Å². The van der Waals surface area contributed by atoms with Gasteiger partial charge in [-0.1, -0.05) is 6.07 Å².